The van der Waals surface area contributed by atoms with E-state index in [1.807, 2.05) is 0 Å². The highest BCUT2D eigenvalue weighted by molar-refractivity contribution is 5.81. The van der Waals surface area contributed by atoms with Crippen LogP contribution in [0.3, 0.4) is 0 Å². The van der Waals surface area contributed by atoms with Crippen LogP contribution in [-0.2, 0) is 20.8 Å². The quantitative estimate of drug-likeness (QED) is 0.0851. The molecular formula is C27H40N10O9. The Hall–Kier alpha value is -3.82. The summed E-state index contributed by atoms with van der Waals surface area (Å²) in [5.74, 6) is -1.07. The standard InChI is InChI=1S/C27H40N10O9/c28-14(26(42)43)3-1-12(6-31-7-13-8-36(27(44)35-22(13)29)18-5-15(39)17(9-38)45-18)2-4-16-20(40)21(41)25(46-16)37-11-34-19-23(30)32-10-33-24(19)37/h8,10-12,14-18,20-21,25,31,38-41H,1-7,9,28H2,(H,42,43)(H2,29,35,44)(H2,30,32,33)/t12?,14-,15-,16+,17+,18+,20+,21+,25+/m0/s1. The molecule has 9 atom stereocenters. The molecule has 0 bridgehead atoms. The van der Waals surface area contributed by atoms with Crippen molar-refractivity contribution in [2.45, 2.75) is 87.7 Å². The zero-order chi connectivity index (χ0) is 33.1. The number of aromatic nitrogens is 6. The van der Waals surface area contributed by atoms with Crippen molar-refractivity contribution in [1.82, 2.24) is 34.4 Å². The van der Waals surface area contributed by atoms with Gasteiger partial charge in [-0.15, -0.1) is 0 Å². The average Bonchev–Trinajstić information content (AvgIpc) is 3.70. The molecule has 46 heavy (non-hydrogen) atoms. The zero-order valence-electron chi connectivity index (χ0n) is 24.9. The third-order valence-electron chi connectivity index (χ3n) is 8.56. The molecule has 2 fully saturated rings. The maximum absolute atomic E-state index is 12.5. The van der Waals surface area contributed by atoms with Gasteiger partial charge in [-0.25, -0.2) is 19.7 Å². The van der Waals surface area contributed by atoms with Crippen LogP contribution in [0.25, 0.3) is 11.2 Å². The van der Waals surface area contributed by atoms with Crippen LogP contribution >= 0.6 is 0 Å². The predicted molar refractivity (Wildman–Crippen MR) is 159 cm³/mol. The lowest BCUT2D eigenvalue weighted by Crippen LogP contribution is -2.34. The van der Waals surface area contributed by atoms with Gasteiger partial charge in [0.2, 0.25) is 0 Å². The largest absolute Gasteiger partial charge is 0.480 e. The Morgan fingerprint density at radius 3 is 2.54 bits per heavy atom. The Morgan fingerprint density at radius 2 is 1.83 bits per heavy atom. The molecule has 19 nitrogen and oxygen atoms in total. The third-order valence-corrected chi connectivity index (χ3v) is 8.56. The fourth-order valence-electron chi connectivity index (χ4n) is 5.87. The summed E-state index contributed by atoms with van der Waals surface area (Å²) in [5, 5.41) is 53.7. The Labute approximate surface area is 262 Å². The number of nitrogens with one attached hydrogen (secondary N) is 1. The summed E-state index contributed by atoms with van der Waals surface area (Å²) in [6.07, 6.45) is -1.10. The molecule has 2 aliphatic heterocycles. The monoisotopic (exact) mass is 648 g/mol. The number of nitrogens with two attached hydrogens (primary N) is 3. The van der Waals surface area contributed by atoms with Crippen LogP contribution in [-0.4, -0.2) is 110 Å². The highest BCUT2D eigenvalue weighted by atomic mass is 16.6. The zero-order valence-corrected chi connectivity index (χ0v) is 24.9. The lowest BCUT2D eigenvalue weighted by Gasteiger charge is -2.22. The van der Waals surface area contributed by atoms with E-state index in [2.05, 4.69) is 25.3 Å². The fraction of sp³-hybridized carbons (Fsp3) is 0.630. The number of aliphatic hydroxyl groups is 4. The van der Waals surface area contributed by atoms with Gasteiger partial charge in [-0.1, -0.05) is 0 Å². The van der Waals surface area contributed by atoms with Crippen molar-refractivity contribution in [3.63, 3.8) is 0 Å². The Balaban J connectivity index is 1.23. The van der Waals surface area contributed by atoms with Gasteiger partial charge in [0, 0.05) is 24.7 Å². The molecule has 5 heterocycles. The lowest BCUT2D eigenvalue weighted by molar-refractivity contribution is -0.138. The smallest absolute Gasteiger partial charge is 0.351 e. The number of anilines is 2. The van der Waals surface area contributed by atoms with Crippen molar-refractivity contribution >= 4 is 28.8 Å². The number of aliphatic hydroxyl groups excluding tert-OH is 4. The summed E-state index contributed by atoms with van der Waals surface area (Å²) >= 11 is 0. The second-order valence-electron chi connectivity index (χ2n) is 11.7. The Kier molecular flexibility index (Phi) is 10.4. The molecule has 1 unspecified atom stereocenters. The summed E-state index contributed by atoms with van der Waals surface area (Å²) in [6, 6.07) is -1.06. The summed E-state index contributed by atoms with van der Waals surface area (Å²) in [5.41, 5.74) is 18.2. The van der Waals surface area contributed by atoms with E-state index >= 15 is 0 Å². The topological polar surface area (TPSA) is 305 Å². The third kappa shape index (κ3) is 7.10. The van der Waals surface area contributed by atoms with Crippen LogP contribution in [0.5, 0.6) is 0 Å². The lowest BCUT2D eigenvalue weighted by atomic mass is 9.92. The van der Waals surface area contributed by atoms with E-state index in [0.29, 0.717) is 42.5 Å². The summed E-state index contributed by atoms with van der Waals surface area (Å²) < 4.78 is 14.4. The minimum atomic E-state index is -1.28. The molecule has 252 valence electrons. The van der Waals surface area contributed by atoms with Gasteiger partial charge in [-0.2, -0.15) is 4.98 Å². The van der Waals surface area contributed by atoms with Gasteiger partial charge in [0.15, 0.2) is 17.7 Å². The first kappa shape index (κ1) is 33.5. The van der Waals surface area contributed by atoms with Gasteiger partial charge in [-0.05, 0) is 38.1 Å². The minimum absolute atomic E-state index is 0.0111. The average molecular weight is 649 g/mol. The molecule has 0 amide bonds. The molecule has 3 aromatic heterocycles. The van der Waals surface area contributed by atoms with Crippen LogP contribution in [0, 0.1) is 5.92 Å². The summed E-state index contributed by atoms with van der Waals surface area (Å²) in [4.78, 5) is 40.0. The molecule has 0 aromatic carbocycles. The summed E-state index contributed by atoms with van der Waals surface area (Å²) in [7, 11) is 0. The number of imidazole rings is 1. The maximum Gasteiger partial charge on any atom is 0.351 e. The van der Waals surface area contributed by atoms with Crippen molar-refractivity contribution in [3.8, 4) is 0 Å². The number of ether oxygens (including phenoxy) is 2. The van der Waals surface area contributed by atoms with Gasteiger partial charge in [0.05, 0.1) is 25.1 Å². The van der Waals surface area contributed by atoms with Crippen molar-refractivity contribution in [2.24, 2.45) is 11.7 Å². The van der Waals surface area contributed by atoms with E-state index in [4.69, 9.17) is 26.7 Å². The van der Waals surface area contributed by atoms with E-state index in [-0.39, 0.29) is 36.9 Å². The summed E-state index contributed by atoms with van der Waals surface area (Å²) in [6.45, 7) is 0.178. The molecule has 2 saturated heterocycles. The number of hydrogen-bond acceptors (Lipinski definition) is 16. The SMILES string of the molecule is Nc1nc(=O)n([C@H]2C[C@H](O)[C@@H](CO)O2)cc1CNCC(CC[C@H](N)C(=O)O)CC[C@H]1O[C@@H](n2cnc3c(N)ncnc32)[C@H](O)[C@@H]1O. The fourth-order valence-corrected chi connectivity index (χ4v) is 5.87. The first-order valence-corrected chi connectivity index (χ1v) is 14.9. The second-order valence-corrected chi connectivity index (χ2v) is 11.7. The van der Waals surface area contributed by atoms with Crippen LogP contribution in [0.2, 0.25) is 0 Å². The normalized spacial score (nSPS) is 27.7. The number of hydrogen-bond donors (Lipinski definition) is 9. The molecule has 0 aliphatic carbocycles. The first-order valence-electron chi connectivity index (χ1n) is 14.9. The second kappa shape index (κ2) is 14.3. The molecule has 12 N–H and O–H groups in total. The highest BCUT2D eigenvalue weighted by Gasteiger charge is 2.44. The van der Waals surface area contributed by atoms with E-state index in [1.165, 1.54) is 28.0 Å². The molecule has 0 saturated carbocycles. The number of aliphatic carboxylic acids is 1. The molecule has 2 aliphatic rings. The van der Waals surface area contributed by atoms with Crippen molar-refractivity contribution in [2.75, 3.05) is 24.6 Å². The predicted octanol–water partition coefficient (Wildman–Crippen LogP) is -2.81. The van der Waals surface area contributed by atoms with Gasteiger partial charge in [0.1, 0.15) is 48.2 Å². The van der Waals surface area contributed by atoms with Crippen LogP contribution in [0.15, 0.2) is 23.6 Å². The molecule has 19 heteroatoms. The first-order chi connectivity index (χ1) is 22.0. The van der Waals surface area contributed by atoms with Crippen molar-refractivity contribution < 1.29 is 39.8 Å². The van der Waals surface area contributed by atoms with Gasteiger partial charge in [-0.3, -0.25) is 13.9 Å². The highest BCUT2D eigenvalue weighted by Crippen LogP contribution is 2.35. The number of fused-ring (bicyclic) bond motifs is 1. The van der Waals surface area contributed by atoms with E-state index < -0.39 is 67.3 Å². The van der Waals surface area contributed by atoms with Crippen LogP contribution in [0.1, 0.15) is 50.1 Å². The van der Waals surface area contributed by atoms with Crippen LogP contribution < -0.4 is 28.2 Å². The van der Waals surface area contributed by atoms with Crippen molar-refractivity contribution in [1.29, 1.82) is 0 Å². The number of rotatable bonds is 14. The van der Waals surface area contributed by atoms with E-state index in [0.717, 1.165) is 0 Å². The van der Waals surface area contributed by atoms with Gasteiger partial charge in [0.25, 0.3) is 0 Å². The van der Waals surface area contributed by atoms with E-state index in [9.17, 15) is 35.1 Å². The number of carboxylic acid groups (broad SMARTS) is 1. The molecule has 0 spiro atoms. The Bertz CT molecular complexity index is 1570. The Morgan fingerprint density at radius 1 is 1.04 bits per heavy atom. The van der Waals surface area contributed by atoms with Crippen LogP contribution in [0.4, 0.5) is 11.6 Å². The number of carboxylic acids is 1. The number of carbonyl (C=O) groups is 1. The minimum Gasteiger partial charge on any atom is -0.480 e. The van der Waals surface area contributed by atoms with Gasteiger partial charge >= 0.3 is 11.7 Å². The molecular weight excluding hydrogens is 608 g/mol. The number of nitrogens with zero attached hydrogens (tertiary/aromatic N) is 6. The molecule has 0 radical (unpaired) electrons. The maximum atomic E-state index is 12.5. The number of nitrogen functional groups attached to an aromatic ring is 2. The van der Waals surface area contributed by atoms with E-state index in [1.54, 1.807) is 0 Å². The van der Waals surface area contributed by atoms with Gasteiger partial charge < -0.3 is 57.5 Å². The van der Waals surface area contributed by atoms with Crippen molar-refractivity contribution in [3.05, 3.63) is 34.9 Å². The molecule has 3 aromatic rings. The molecule has 5 rings (SSSR count).